The number of hydrogen-bond donors (Lipinski definition) is 0. The van der Waals surface area contributed by atoms with Gasteiger partial charge in [0.2, 0.25) is 0 Å². The van der Waals surface area contributed by atoms with Gasteiger partial charge in [-0.05, 0) is 25.1 Å². The zero-order chi connectivity index (χ0) is 13.7. The van der Waals surface area contributed by atoms with E-state index in [4.69, 9.17) is 21.1 Å². The highest BCUT2D eigenvalue weighted by molar-refractivity contribution is 6.30. The van der Waals surface area contributed by atoms with Gasteiger partial charge in [0.15, 0.2) is 0 Å². The summed E-state index contributed by atoms with van der Waals surface area (Å²) < 4.78 is 10.3. The largest absolute Gasteiger partial charge is 0.462 e. The van der Waals surface area contributed by atoms with Crippen molar-refractivity contribution in [2.24, 2.45) is 0 Å². The molecule has 0 N–H and O–H groups in total. The Bertz CT molecular complexity index is 572. The lowest BCUT2D eigenvalue weighted by molar-refractivity contribution is 0.0526. The molecule has 0 atom stereocenters. The Morgan fingerprint density at radius 2 is 2.05 bits per heavy atom. The van der Waals surface area contributed by atoms with Gasteiger partial charge in [-0.25, -0.2) is 14.8 Å². The molecule has 0 radical (unpaired) electrons. The molecule has 0 amide bonds. The highest BCUT2D eigenvalue weighted by Crippen LogP contribution is 2.19. The Kier molecular flexibility index (Phi) is 4.30. The number of esters is 1. The fraction of sp³-hybridized carbons (Fsp3) is 0.154. The molecule has 0 aliphatic heterocycles. The molecule has 0 bridgehead atoms. The van der Waals surface area contributed by atoms with Crippen LogP contribution in [0.25, 0.3) is 0 Å². The van der Waals surface area contributed by atoms with Crippen molar-refractivity contribution in [3.05, 3.63) is 47.2 Å². The minimum Gasteiger partial charge on any atom is -0.462 e. The van der Waals surface area contributed by atoms with Crippen LogP contribution in [0.3, 0.4) is 0 Å². The number of hydrogen-bond acceptors (Lipinski definition) is 5. The summed E-state index contributed by atoms with van der Waals surface area (Å²) in [6.07, 6.45) is 2.86. The minimum atomic E-state index is -0.398. The zero-order valence-electron chi connectivity index (χ0n) is 10.2. The first-order valence-electron chi connectivity index (χ1n) is 5.61. The summed E-state index contributed by atoms with van der Waals surface area (Å²) in [6.45, 7) is 2.07. The van der Waals surface area contributed by atoms with Gasteiger partial charge in [0.25, 0.3) is 0 Å². The highest BCUT2D eigenvalue weighted by Gasteiger charge is 2.08. The van der Waals surface area contributed by atoms with Crippen molar-refractivity contribution in [2.45, 2.75) is 6.92 Å². The van der Waals surface area contributed by atoms with Crippen molar-refractivity contribution in [1.29, 1.82) is 0 Å². The highest BCUT2D eigenvalue weighted by atomic mass is 35.5. The molecule has 5 nitrogen and oxygen atoms in total. The Labute approximate surface area is 115 Å². The molecule has 6 heteroatoms. The van der Waals surface area contributed by atoms with Crippen LogP contribution in [0.4, 0.5) is 0 Å². The molecular formula is C13H11ClN2O3. The van der Waals surface area contributed by atoms with Crippen LogP contribution in [-0.2, 0) is 4.74 Å². The topological polar surface area (TPSA) is 61.3 Å². The van der Waals surface area contributed by atoms with Crippen molar-refractivity contribution < 1.29 is 14.3 Å². The van der Waals surface area contributed by atoms with Gasteiger partial charge in [0, 0.05) is 0 Å². The van der Waals surface area contributed by atoms with Crippen LogP contribution >= 0.6 is 11.6 Å². The van der Waals surface area contributed by atoms with Crippen molar-refractivity contribution in [3.63, 3.8) is 0 Å². The molecule has 19 heavy (non-hydrogen) atoms. The number of rotatable bonds is 4. The van der Waals surface area contributed by atoms with E-state index >= 15 is 0 Å². The summed E-state index contributed by atoms with van der Waals surface area (Å²) >= 11 is 5.67. The summed E-state index contributed by atoms with van der Waals surface area (Å²) in [5, 5.41) is 0.424. The van der Waals surface area contributed by atoms with E-state index in [0.717, 1.165) is 0 Å². The average molecular weight is 279 g/mol. The van der Waals surface area contributed by atoms with E-state index in [9.17, 15) is 4.79 Å². The Morgan fingerprint density at radius 3 is 2.74 bits per heavy atom. The van der Waals surface area contributed by atoms with E-state index < -0.39 is 5.97 Å². The molecule has 0 spiro atoms. The van der Waals surface area contributed by atoms with Crippen molar-refractivity contribution in [3.8, 4) is 11.8 Å². The SMILES string of the molecule is CCOC(=O)c1cccc(Oc2ncc(Cl)cn2)c1. The van der Waals surface area contributed by atoms with E-state index in [2.05, 4.69) is 9.97 Å². The number of ether oxygens (including phenoxy) is 2. The maximum atomic E-state index is 11.6. The first-order valence-corrected chi connectivity index (χ1v) is 5.99. The van der Waals surface area contributed by atoms with Crippen molar-refractivity contribution in [2.75, 3.05) is 6.61 Å². The summed E-state index contributed by atoms with van der Waals surface area (Å²) in [6, 6.07) is 6.76. The summed E-state index contributed by atoms with van der Waals surface area (Å²) in [7, 11) is 0. The molecule has 0 saturated carbocycles. The molecule has 0 fully saturated rings. The molecule has 0 aliphatic rings. The molecule has 0 unspecified atom stereocenters. The van der Waals surface area contributed by atoms with Gasteiger partial charge >= 0.3 is 12.0 Å². The van der Waals surface area contributed by atoms with Gasteiger partial charge in [0.1, 0.15) is 5.75 Å². The van der Waals surface area contributed by atoms with E-state index in [1.165, 1.54) is 12.4 Å². The molecule has 1 aromatic heterocycles. The second-order valence-corrected chi connectivity index (χ2v) is 3.97. The summed E-state index contributed by atoms with van der Waals surface area (Å²) in [5.74, 6) is 0.0536. The molecule has 1 aromatic carbocycles. The van der Waals surface area contributed by atoms with Crippen LogP contribution in [0, 0.1) is 0 Å². The van der Waals surface area contributed by atoms with E-state index in [-0.39, 0.29) is 6.01 Å². The Balaban J connectivity index is 2.15. The number of aromatic nitrogens is 2. The quantitative estimate of drug-likeness (QED) is 0.804. The van der Waals surface area contributed by atoms with E-state index in [0.29, 0.717) is 22.9 Å². The minimum absolute atomic E-state index is 0.158. The maximum Gasteiger partial charge on any atom is 0.338 e. The maximum absolute atomic E-state index is 11.6. The number of carbonyl (C=O) groups is 1. The summed E-state index contributed by atoms with van der Waals surface area (Å²) in [4.78, 5) is 19.4. The molecular weight excluding hydrogens is 268 g/mol. The normalized spacial score (nSPS) is 10.0. The first-order chi connectivity index (χ1) is 9.19. The second-order valence-electron chi connectivity index (χ2n) is 3.53. The Hall–Kier alpha value is -2.14. The standard InChI is InChI=1S/C13H11ClN2O3/c1-2-18-12(17)9-4-3-5-11(6-9)19-13-15-7-10(14)8-16-13/h3-8H,2H2,1H3. The molecule has 2 rings (SSSR count). The third kappa shape index (κ3) is 3.66. The number of carbonyl (C=O) groups excluding carboxylic acids is 1. The van der Waals surface area contributed by atoms with Crippen LogP contribution in [0.1, 0.15) is 17.3 Å². The number of nitrogens with zero attached hydrogens (tertiary/aromatic N) is 2. The van der Waals surface area contributed by atoms with Gasteiger partial charge in [-0.3, -0.25) is 0 Å². The molecule has 2 aromatic rings. The monoisotopic (exact) mass is 278 g/mol. The third-order valence-corrected chi connectivity index (χ3v) is 2.35. The van der Waals surface area contributed by atoms with Gasteiger partial charge in [-0.2, -0.15) is 0 Å². The molecule has 0 saturated heterocycles. The number of benzene rings is 1. The lowest BCUT2D eigenvalue weighted by atomic mass is 10.2. The lowest BCUT2D eigenvalue weighted by Crippen LogP contribution is -2.04. The van der Waals surface area contributed by atoms with Crippen LogP contribution < -0.4 is 4.74 Å². The lowest BCUT2D eigenvalue weighted by Gasteiger charge is -2.05. The molecule has 98 valence electrons. The van der Waals surface area contributed by atoms with E-state index in [1.807, 2.05) is 0 Å². The molecule has 0 aliphatic carbocycles. The Morgan fingerprint density at radius 1 is 1.32 bits per heavy atom. The average Bonchev–Trinajstić information content (AvgIpc) is 2.42. The van der Waals surface area contributed by atoms with Crippen molar-refractivity contribution >= 4 is 17.6 Å². The van der Waals surface area contributed by atoms with Gasteiger partial charge in [-0.15, -0.1) is 0 Å². The smallest absolute Gasteiger partial charge is 0.338 e. The zero-order valence-corrected chi connectivity index (χ0v) is 10.9. The number of halogens is 1. The van der Waals surface area contributed by atoms with Crippen LogP contribution in [0.15, 0.2) is 36.7 Å². The van der Waals surface area contributed by atoms with Crippen LogP contribution in [0.2, 0.25) is 5.02 Å². The fourth-order valence-corrected chi connectivity index (χ4v) is 1.46. The summed E-state index contributed by atoms with van der Waals surface area (Å²) in [5.41, 5.74) is 0.410. The fourth-order valence-electron chi connectivity index (χ4n) is 1.36. The predicted octanol–water partition coefficient (Wildman–Crippen LogP) is 3.10. The van der Waals surface area contributed by atoms with Crippen LogP contribution in [0.5, 0.6) is 11.8 Å². The first kappa shape index (κ1) is 13.3. The van der Waals surface area contributed by atoms with Crippen LogP contribution in [-0.4, -0.2) is 22.5 Å². The van der Waals surface area contributed by atoms with Crippen molar-refractivity contribution in [1.82, 2.24) is 9.97 Å². The predicted molar refractivity (Wildman–Crippen MR) is 69.5 cm³/mol. The van der Waals surface area contributed by atoms with E-state index in [1.54, 1.807) is 31.2 Å². The van der Waals surface area contributed by atoms with Gasteiger partial charge in [0.05, 0.1) is 29.6 Å². The molecule has 1 heterocycles. The van der Waals surface area contributed by atoms with Gasteiger partial charge < -0.3 is 9.47 Å². The van der Waals surface area contributed by atoms with Gasteiger partial charge in [-0.1, -0.05) is 17.7 Å². The second kappa shape index (κ2) is 6.15. The third-order valence-electron chi connectivity index (χ3n) is 2.15.